The number of nitrogen functional groups attached to an aromatic ring is 1. The van der Waals surface area contributed by atoms with Gasteiger partial charge in [-0.3, -0.25) is 4.79 Å². The number of likely N-dealkylation sites (tertiary alicyclic amines) is 1. The number of halogens is 1. The monoisotopic (exact) mass is 344 g/mol. The Labute approximate surface area is 145 Å². The van der Waals surface area contributed by atoms with Gasteiger partial charge in [-0.15, -0.1) is 0 Å². The highest BCUT2D eigenvalue weighted by Gasteiger charge is 2.31. The highest BCUT2D eigenvalue weighted by Crippen LogP contribution is 2.36. The van der Waals surface area contributed by atoms with Crippen LogP contribution >= 0.6 is 0 Å². The number of ether oxygens (including phenoxy) is 1. The SMILES string of the molecule is COCC(=O)N1CCCCC1c1nc(N)ncc1-c1ccccc1F. The number of amides is 1. The Morgan fingerprint density at radius 3 is 2.92 bits per heavy atom. The van der Waals surface area contributed by atoms with Crippen molar-refractivity contribution in [1.82, 2.24) is 14.9 Å². The molecule has 0 spiro atoms. The number of rotatable bonds is 4. The van der Waals surface area contributed by atoms with Gasteiger partial charge in [0.2, 0.25) is 11.9 Å². The molecular weight excluding hydrogens is 323 g/mol. The number of methoxy groups -OCH3 is 1. The molecule has 2 N–H and O–H groups in total. The molecule has 25 heavy (non-hydrogen) atoms. The van der Waals surface area contributed by atoms with Crippen molar-refractivity contribution in [3.05, 3.63) is 42.0 Å². The van der Waals surface area contributed by atoms with E-state index in [9.17, 15) is 9.18 Å². The lowest BCUT2D eigenvalue weighted by Gasteiger charge is -2.36. The number of carbonyl (C=O) groups is 1. The summed E-state index contributed by atoms with van der Waals surface area (Å²) in [6, 6.07) is 6.19. The van der Waals surface area contributed by atoms with E-state index in [1.54, 1.807) is 23.1 Å². The second kappa shape index (κ2) is 7.57. The minimum absolute atomic E-state index is 0.00605. The summed E-state index contributed by atoms with van der Waals surface area (Å²) in [7, 11) is 1.49. The summed E-state index contributed by atoms with van der Waals surface area (Å²) in [5.41, 5.74) is 7.34. The fourth-order valence-corrected chi connectivity index (χ4v) is 3.27. The highest BCUT2D eigenvalue weighted by atomic mass is 19.1. The maximum atomic E-state index is 14.3. The second-order valence-electron chi connectivity index (χ2n) is 6.04. The van der Waals surface area contributed by atoms with E-state index in [0.717, 1.165) is 19.3 Å². The zero-order chi connectivity index (χ0) is 17.8. The number of anilines is 1. The largest absolute Gasteiger partial charge is 0.375 e. The van der Waals surface area contributed by atoms with Crippen LogP contribution in [0.15, 0.2) is 30.5 Å². The normalized spacial score (nSPS) is 17.5. The topological polar surface area (TPSA) is 81.3 Å². The van der Waals surface area contributed by atoms with E-state index >= 15 is 0 Å². The zero-order valence-electron chi connectivity index (χ0n) is 14.1. The summed E-state index contributed by atoms with van der Waals surface area (Å²) in [5, 5.41) is 0. The molecule has 1 fully saturated rings. The van der Waals surface area contributed by atoms with Crippen molar-refractivity contribution in [2.45, 2.75) is 25.3 Å². The van der Waals surface area contributed by atoms with Gasteiger partial charge in [0.05, 0.1) is 11.7 Å². The number of nitrogens with zero attached hydrogens (tertiary/aromatic N) is 3. The van der Waals surface area contributed by atoms with Crippen LogP contribution < -0.4 is 5.73 Å². The molecule has 0 radical (unpaired) electrons. The molecule has 6 nitrogen and oxygen atoms in total. The van der Waals surface area contributed by atoms with Gasteiger partial charge in [0.25, 0.3) is 0 Å². The van der Waals surface area contributed by atoms with E-state index in [4.69, 9.17) is 10.5 Å². The molecule has 2 aromatic rings. The molecule has 132 valence electrons. The Balaban J connectivity index is 2.07. The van der Waals surface area contributed by atoms with Gasteiger partial charge in [-0.1, -0.05) is 18.2 Å². The van der Waals surface area contributed by atoms with E-state index in [2.05, 4.69) is 9.97 Å². The standard InChI is InChI=1S/C18H21FN4O2/c1-25-11-16(24)23-9-5-4-8-15(23)17-13(10-21-18(20)22-17)12-6-2-3-7-14(12)19/h2-3,6-7,10,15H,4-5,8-9,11H2,1H3,(H2,20,21,22). The van der Waals surface area contributed by atoms with Gasteiger partial charge in [0.15, 0.2) is 0 Å². The summed E-state index contributed by atoms with van der Waals surface area (Å²) >= 11 is 0. The van der Waals surface area contributed by atoms with Crippen molar-refractivity contribution in [2.75, 3.05) is 26.0 Å². The third-order valence-electron chi connectivity index (χ3n) is 4.41. The lowest BCUT2D eigenvalue weighted by atomic mass is 9.93. The van der Waals surface area contributed by atoms with Crippen LogP contribution in [-0.4, -0.2) is 41.0 Å². The van der Waals surface area contributed by atoms with E-state index in [1.165, 1.54) is 19.4 Å². The van der Waals surface area contributed by atoms with Crippen molar-refractivity contribution in [3.8, 4) is 11.1 Å². The van der Waals surface area contributed by atoms with Crippen LogP contribution in [0.2, 0.25) is 0 Å². The lowest BCUT2D eigenvalue weighted by molar-refractivity contribution is -0.139. The molecule has 0 bridgehead atoms. The Kier molecular flexibility index (Phi) is 5.23. The number of aromatic nitrogens is 2. The van der Waals surface area contributed by atoms with Gasteiger partial charge in [-0.05, 0) is 25.3 Å². The summed E-state index contributed by atoms with van der Waals surface area (Å²) in [5.74, 6) is -0.355. The van der Waals surface area contributed by atoms with Gasteiger partial charge in [-0.25, -0.2) is 14.4 Å². The van der Waals surface area contributed by atoms with Gasteiger partial charge >= 0.3 is 0 Å². The Hall–Kier alpha value is -2.54. The summed E-state index contributed by atoms with van der Waals surface area (Å²) in [4.78, 5) is 22.6. The van der Waals surface area contributed by atoms with Crippen LogP contribution in [-0.2, 0) is 9.53 Å². The van der Waals surface area contributed by atoms with Crippen LogP contribution in [0.3, 0.4) is 0 Å². The third kappa shape index (κ3) is 3.61. The molecule has 1 aromatic carbocycles. The Bertz CT molecular complexity index is 768. The van der Waals surface area contributed by atoms with E-state index in [0.29, 0.717) is 23.4 Å². The minimum Gasteiger partial charge on any atom is -0.375 e. The first-order valence-electron chi connectivity index (χ1n) is 8.27. The molecule has 7 heteroatoms. The highest BCUT2D eigenvalue weighted by molar-refractivity contribution is 5.78. The quantitative estimate of drug-likeness (QED) is 0.922. The molecule has 3 rings (SSSR count). The van der Waals surface area contributed by atoms with Crippen LogP contribution in [0, 0.1) is 5.82 Å². The van der Waals surface area contributed by atoms with Crippen LogP contribution in [0.1, 0.15) is 31.0 Å². The van der Waals surface area contributed by atoms with Crippen molar-refractivity contribution < 1.29 is 13.9 Å². The van der Waals surface area contributed by atoms with Gasteiger partial charge in [0, 0.05) is 31.0 Å². The number of piperidine rings is 1. The van der Waals surface area contributed by atoms with E-state index in [1.807, 2.05) is 0 Å². The van der Waals surface area contributed by atoms with Crippen molar-refractivity contribution in [1.29, 1.82) is 0 Å². The van der Waals surface area contributed by atoms with Crippen molar-refractivity contribution >= 4 is 11.9 Å². The molecule has 1 aliphatic rings. The van der Waals surface area contributed by atoms with Crippen molar-refractivity contribution in [2.24, 2.45) is 0 Å². The van der Waals surface area contributed by atoms with Crippen LogP contribution in [0.25, 0.3) is 11.1 Å². The van der Waals surface area contributed by atoms with Gasteiger partial charge < -0.3 is 15.4 Å². The smallest absolute Gasteiger partial charge is 0.249 e. The molecule has 0 saturated carbocycles. The molecule has 0 aliphatic carbocycles. The predicted octanol–water partition coefficient (Wildman–Crippen LogP) is 2.56. The van der Waals surface area contributed by atoms with Gasteiger partial charge in [-0.2, -0.15) is 0 Å². The number of carbonyl (C=O) groups excluding carboxylic acids is 1. The molecular formula is C18H21FN4O2. The Morgan fingerprint density at radius 1 is 1.36 bits per heavy atom. The fourth-order valence-electron chi connectivity index (χ4n) is 3.27. The first-order chi connectivity index (χ1) is 12.1. The average Bonchev–Trinajstić information content (AvgIpc) is 2.62. The van der Waals surface area contributed by atoms with E-state index in [-0.39, 0.29) is 30.3 Å². The van der Waals surface area contributed by atoms with Crippen molar-refractivity contribution in [3.63, 3.8) is 0 Å². The lowest BCUT2D eigenvalue weighted by Crippen LogP contribution is -2.41. The minimum atomic E-state index is -0.359. The van der Waals surface area contributed by atoms with Crippen LogP contribution in [0.5, 0.6) is 0 Å². The number of nitrogens with two attached hydrogens (primary N) is 1. The summed E-state index contributed by atoms with van der Waals surface area (Å²) in [6.45, 7) is 0.625. The van der Waals surface area contributed by atoms with E-state index < -0.39 is 0 Å². The maximum absolute atomic E-state index is 14.3. The molecule has 1 amide bonds. The average molecular weight is 344 g/mol. The first kappa shape index (κ1) is 17.3. The first-order valence-corrected chi connectivity index (χ1v) is 8.27. The number of hydrogen-bond acceptors (Lipinski definition) is 5. The number of benzene rings is 1. The predicted molar refractivity (Wildman–Crippen MR) is 92.0 cm³/mol. The fraction of sp³-hybridized carbons (Fsp3) is 0.389. The maximum Gasteiger partial charge on any atom is 0.249 e. The molecule has 1 unspecified atom stereocenters. The van der Waals surface area contributed by atoms with Gasteiger partial charge in [0.1, 0.15) is 12.4 Å². The second-order valence-corrected chi connectivity index (χ2v) is 6.04. The Morgan fingerprint density at radius 2 is 2.16 bits per heavy atom. The zero-order valence-corrected chi connectivity index (χ0v) is 14.1. The third-order valence-corrected chi connectivity index (χ3v) is 4.41. The van der Waals surface area contributed by atoms with Crippen LogP contribution in [0.4, 0.5) is 10.3 Å². The molecule has 1 aliphatic heterocycles. The molecule has 1 atom stereocenters. The molecule has 2 heterocycles. The summed E-state index contributed by atoms with van der Waals surface area (Å²) in [6.07, 6.45) is 4.15. The summed E-state index contributed by atoms with van der Waals surface area (Å²) < 4.78 is 19.3. The molecule has 1 saturated heterocycles. The number of hydrogen-bond donors (Lipinski definition) is 1. The molecule has 1 aromatic heterocycles.